The van der Waals surface area contributed by atoms with Gasteiger partial charge in [0.25, 0.3) is 0 Å². The molecule has 6 nitrogen and oxygen atoms in total. The van der Waals surface area contributed by atoms with Gasteiger partial charge in [0, 0.05) is 49.1 Å². The number of hydrogen-bond acceptors (Lipinski definition) is 4. The summed E-state index contributed by atoms with van der Waals surface area (Å²) in [5, 5.41) is 2.18. The van der Waals surface area contributed by atoms with Crippen molar-refractivity contribution in [2.45, 2.75) is 13.8 Å². The molecule has 4 aromatic rings. The molecule has 0 amide bonds. The highest BCUT2D eigenvalue weighted by molar-refractivity contribution is 6.01. The molecule has 0 saturated carbocycles. The van der Waals surface area contributed by atoms with Crippen LogP contribution >= 0.6 is 0 Å². The molecule has 0 bridgehead atoms. The van der Waals surface area contributed by atoms with Gasteiger partial charge < -0.3 is 28.1 Å². The van der Waals surface area contributed by atoms with Crippen LogP contribution in [-0.4, -0.2) is 37.6 Å². The number of fused-ring (bicyclic) bond motifs is 2. The van der Waals surface area contributed by atoms with Crippen LogP contribution in [0.5, 0.6) is 23.0 Å². The number of rotatable bonds is 5. The predicted octanol–water partition coefficient (Wildman–Crippen LogP) is 4.99. The van der Waals surface area contributed by atoms with E-state index < -0.39 is 0 Å². The van der Waals surface area contributed by atoms with Crippen molar-refractivity contribution in [2.75, 3.05) is 28.4 Å². The van der Waals surface area contributed by atoms with Crippen molar-refractivity contribution in [1.29, 1.82) is 0 Å². The van der Waals surface area contributed by atoms with Crippen molar-refractivity contribution in [3.63, 3.8) is 0 Å². The predicted molar refractivity (Wildman–Crippen MR) is 121 cm³/mol. The largest absolute Gasteiger partial charge is 0.497 e. The minimum absolute atomic E-state index is 0.770. The first-order valence-corrected chi connectivity index (χ1v) is 9.80. The highest BCUT2D eigenvalue weighted by Crippen LogP contribution is 2.45. The number of aryl methyl sites for hydroxylation is 4. The number of nitrogens with zero attached hydrogens (tertiary/aromatic N) is 2. The zero-order valence-corrected chi connectivity index (χ0v) is 18.8. The number of aromatic nitrogens is 2. The van der Waals surface area contributed by atoms with E-state index in [-0.39, 0.29) is 0 Å². The fourth-order valence-electron chi connectivity index (χ4n) is 4.65. The molecule has 0 unspecified atom stereocenters. The molecule has 0 aliphatic rings. The van der Waals surface area contributed by atoms with Crippen LogP contribution in [0, 0.1) is 13.8 Å². The van der Waals surface area contributed by atoms with Gasteiger partial charge in [0.05, 0.1) is 50.9 Å². The lowest BCUT2D eigenvalue weighted by molar-refractivity contribution is 0.397. The Balaban J connectivity index is 2.13. The molecule has 0 aliphatic heterocycles. The lowest BCUT2D eigenvalue weighted by atomic mass is 10.1. The van der Waals surface area contributed by atoms with E-state index in [0.29, 0.717) is 0 Å². The first kappa shape index (κ1) is 20.0. The van der Waals surface area contributed by atoms with Gasteiger partial charge in [-0.25, -0.2) is 0 Å². The van der Waals surface area contributed by atoms with Gasteiger partial charge in [-0.15, -0.1) is 0 Å². The van der Waals surface area contributed by atoms with E-state index in [2.05, 4.69) is 49.2 Å². The standard InChI is InChI=1S/C24H28N2O4/c1-13-21-17(9-15(27-5)11-19(21)29-7)25(3)23(13)24-14(2)22-18(26(24)4)10-16(28-6)12-20(22)30-8/h9-12H,1-8H3. The second-order valence-corrected chi connectivity index (χ2v) is 7.51. The maximum absolute atomic E-state index is 5.70. The van der Waals surface area contributed by atoms with Crippen molar-refractivity contribution in [2.24, 2.45) is 14.1 Å². The molecule has 0 aliphatic carbocycles. The molecule has 6 heteroatoms. The molecule has 0 radical (unpaired) electrons. The zero-order chi connectivity index (χ0) is 21.7. The lowest BCUT2D eigenvalue weighted by Gasteiger charge is -2.10. The molecule has 30 heavy (non-hydrogen) atoms. The minimum Gasteiger partial charge on any atom is -0.497 e. The number of hydrogen-bond donors (Lipinski definition) is 0. The summed E-state index contributed by atoms with van der Waals surface area (Å²) in [4.78, 5) is 0. The van der Waals surface area contributed by atoms with Crippen LogP contribution in [0.3, 0.4) is 0 Å². The Hall–Kier alpha value is -3.28. The van der Waals surface area contributed by atoms with E-state index in [1.807, 2.05) is 12.1 Å². The molecule has 0 atom stereocenters. The van der Waals surface area contributed by atoms with E-state index in [9.17, 15) is 0 Å². The summed E-state index contributed by atoms with van der Waals surface area (Å²) in [6, 6.07) is 7.97. The fourth-order valence-corrected chi connectivity index (χ4v) is 4.65. The Morgan fingerprint density at radius 2 is 0.933 bits per heavy atom. The maximum Gasteiger partial charge on any atom is 0.132 e. The molecule has 4 rings (SSSR count). The average Bonchev–Trinajstić information content (AvgIpc) is 3.16. The second-order valence-electron chi connectivity index (χ2n) is 7.51. The van der Waals surface area contributed by atoms with Crippen LogP contribution in [0.15, 0.2) is 24.3 Å². The van der Waals surface area contributed by atoms with Gasteiger partial charge in [-0.3, -0.25) is 0 Å². The van der Waals surface area contributed by atoms with E-state index in [1.165, 1.54) is 0 Å². The molecule has 2 aromatic heterocycles. The quantitative estimate of drug-likeness (QED) is 0.467. The summed E-state index contributed by atoms with van der Waals surface area (Å²) in [6.07, 6.45) is 0. The van der Waals surface area contributed by atoms with Crippen molar-refractivity contribution in [3.05, 3.63) is 35.4 Å². The molecule has 2 aromatic carbocycles. The summed E-state index contributed by atoms with van der Waals surface area (Å²) >= 11 is 0. The van der Waals surface area contributed by atoms with Gasteiger partial charge in [0.15, 0.2) is 0 Å². The minimum atomic E-state index is 0.770. The van der Waals surface area contributed by atoms with E-state index >= 15 is 0 Å². The van der Waals surface area contributed by atoms with Crippen LogP contribution in [0.1, 0.15) is 11.1 Å². The summed E-state index contributed by atoms with van der Waals surface area (Å²) in [5.74, 6) is 3.15. The number of benzene rings is 2. The van der Waals surface area contributed by atoms with Gasteiger partial charge in [-0.05, 0) is 25.0 Å². The van der Waals surface area contributed by atoms with Gasteiger partial charge in [0.2, 0.25) is 0 Å². The Morgan fingerprint density at radius 3 is 1.23 bits per heavy atom. The van der Waals surface area contributed by atoms with E-state index in [4.69, 9.17) is 18.9 Å². The molecule has 0 N–H and O–H groups in total. The van der Waals surface area contributed by atoms with Gasteiger partial charge >= 0.3 is 0 Å². The summed E-state index contributed by atoms with van der Waals surface area (Å²) in [5.41, 5.74) is 6.71. The SMILES string of the molecule is COc1cc(OC)c2c(C)c(-c3c(C)c4c(OC)cc(OC)cc4n3C)n(C)c2c1. The van der Waals surface area contributed by atoms with E-state index in [0.717, 1.165) is 67.3 Å². The number of ether oxygens (including phenoxy) is 4. The van der Waals surface area contributed by atoms with Gasteiger partial charge in [-0.2, -0.15) is 0 Å². The van der Waals surface area contributed by atoms with Gasteiger partial charge in [0.1, 0.15) is 23.0 Å². The molecule has 0 fully saturated rings. The summed E-state index contributed by atoms with van der Waals surface area (Å²) in [7, 11) is 10.9. The first-order chi connectivity index (χ1) is 14.4. The third-order valence-corrected chi connectivity index (χ3v) is 6.10. The molecular weight excluding hydrogens is 380 g/mol. The first-order valence-electron chi connectivity index (χ1n) is 9.80. The molecule has 158 valence electrons. The highest BCUT2D eigenvalue weighted by Gasteiger charge is 2.25. The lowest BCUT2D eigenvalue weighted by Crippen LogP contribution is -1.99. The molecular formula is C24H28N2O4. The highest BCUT2D eigenvalue weighted by atomic mass is 16.5. The monoisotopic (exact) mass is 408 g/mol. The van der Waals surface area contributed by atoms with Crippen molar-refractivity contribution < 1.29 is 18.9 Å². The van der Waals surface area contributed by atoms with Crippen LogP contribution in [0.2, 0.25) is 0 Å². The van der Waals surface area contributed by atoms with Crippen molar-refractivity contribution in [3.8, 4) is 34.4 Å². The summed E-state index contributed by atoms with van der Waals surface area (Å²) < 4.78 is 26.8. The smallest absolute Gasteiger partial charge is 0.132 e. The zero-order valence-electron chi connectivity index (χ0n) is 18.8. The average molecular weight is 408 g/mol. The maximum atomic E-state index is 5.70. The second kappa shape index (κ2) is 7.20. The Labute approximate surface area is 176 Å². The Bertz CT molecular complexity index is 1180. The third-order valence-electron chi connectivity index (χ3n) is 6.10. The molecule has 2 heterocycles. The van der Waals surface area contributed by atoms with Crippen LogP contribution < -0.4 is 18.9 Å². The number of methoxy groups -OCH3 is 4. The van der Waals surface area contributed by atoms with Gasteiger partial charge in [-0.1, -0.05) is 0 Å². The molecule has 0 spiro atoms. The van der Waals surface area contributed by atoms with E-state index in [1.54, 1.807) is 28.4 Å². The van der Waals surface area contributed by atoms with Crippen LogP contribution in [0.4, 0.5) is 0 Å². The van der Waals surface area contributed by atoms with Crippen LogP contribution in [-0.2, 0) is 14.1 Å². The van der Waals surface area contributed by atoms with Crippen molar-refractivity contribution in [1.82, 2.24) is 9.13 Å². The topological polar surface area (TPSA) is 46.8 Å². The third kappa shape index (κ3) is 2.63. The van der Waals surface area contributed by atoms with Crippen molar-refractivity contribution >= 4 is 21.8 Å². The Morgan fingerprint density at radius 1 is 0.567 bits per heavy atom. The Kier molecular flexibility index (Phi) is 4.80. The molecule has 0 saturated heterocycles. The summed E-state index contributed by atoms with van der Waals surface area (Å²) in [6.45, 7) is 4.28. The van der Waals surface area contributed by atoms with Crippen LogP contribution in [0.25, 0.3) is 33.2 Å². The fraction of sp³-hybridized carbons (Fsp3) is 0.333. The normalized spacial score (nSPS) is 11.3.